The number of carbonyl (C=O) groups is 1. The maximum absolute atomic E-state index is 12.9. The molecule has 2 bridgehead atoms. The van der Waals surface area contributed by atoms with Crippen molar-refractivity contribution in [3.63, 3.8) is 0 Å². The molecule has 1 aromatic carbocycles. The fraction of sp³-hybridized carbons (Fsp3) is 0.650. The molecule has 2 atom stereocenters. The number of nitrogens with zero attached hydrogens (tertiary/aromatic N) is 1. The van der Waals surface area contributed by atoms with E-state index in [1.165, 1.54) is 12.8 Å². The molecule has 0 aromatic heterocycles. The van der Waals surface area contributed by atoms with Crippen LogP contribution in [-0.2, 0) is 10.0 Å². The number of aryl methyl sites for hydroxylation is 1. The first-order valence-electron chi connectivity index (χ1n) is 10.1. The molecule has 1 aromatic rings. The summed E-state index contributed by atoms with van der Waals surface area (Å²) < 4.78 is 27.4. The average Bonchev–Trinajstić information content (AvgIpc) is 3.01. The lowest BCUT2D eigenvalue weighted by Crippen LogP contribution is -2.48. The second kappa shape index (κ2) is 8.69. The van der Waals surface area contributed by atoms with Crippen molar-refractivity contribution in [2.75, 3.05) is 13.1 Å². The number of sulfonamides is 1. The maximum Gasteiger partial charge on any atom is 0.251 e. The molecule has 4 rings (SSSR count). The van der Waals surface area contributed by atoms with E-state index < -0.39 is 10.0 Å². The Morgan fingerprint density at radius 2 is 1.75 bits per heavy atom. The summed E-state index contributed by atoms with van der Waals surface area (Å²) in [7, 11) is -3.53. The molecule has 1 amide bonds. The van der Waals surface area contributed by atoms with Gasteiger partial charge >= 0.3 is 0 Å². The Kier molecular flexibility index (Phi) is 6.69. The number of amides is 1. The number of piperidine rings is 2. The van der Waals surface area contributed by atoms with Crippen LogP contribution in [0.15, 0.2) is 23.1 Å². The van der Waals surface area contributed by atoms with Crippen molar-refractivity contribution in [2.45, 2.75) is 74.9 Å². The highest BCUT2D eigenvalue weighted by molar-refractivity contribution is 7.89. The molecule has 3 saturated heterocycles. The number of carbonyl (C=O) groups excluding carboxylic acids is 1. The lowest BCUT2D eigenvalue weighted by Gasteiger charge is -2.30. The van der Waals surface area contributed by atoms with Crippen LogP contribution in [0.2, 0.25) is 0 Å². The molecule has 2 unspecified atom stereocenters. The molecule has 28 heavy (non-hydrogen) atoms. The molecule has 3 aliphatic rings. The summed E-state index contributed by atoms with van der Waals surface area (Å²) in [5, 5.41) is 6.72. The first-order chi connectivity index (χ1) is 12.9. The molecule has 6 nitrogen and oxygen atoms in total. The summed E-state index contributed by atoms with van der Waals surface area (Å²) in [5.41, 5.74) is 1.28. The minimum Gasteiger partial charge on any atom is -0.349 e. The largest absolute Gasteiger partial charge is 0.349 e. The number of hydrogen-bond donors (Lipinski definition) is 2. The predicted molar refractivity (Wildman–Crippen MR) is 111 cm³/mol. The van der Waals surface area contributed by atoms with Gasteiger partial charge in [-0.3, -0.25) is 4.79 Å². The quantitative estimate of drug-likeness (QED) is 0.774. The summed E-state index contributed by atoms with van der Waals surface area (Å²) in [6.45, 7) is 2.99. The topological polar surface area (TPSA) is 78.5 Å². The third kappa shape index (κ3) is 4.37. The van der Waals surface area contributed by atoms with Crippen LogP contribution in [0.25, 0.3) is 0 Å². The third-order valence-corrected chi connectivity index (χ3v) is 8.11. The summed E-state index contributed by atoms with van der Waals surface area (Å²) in [4.78, 5) is 13.1. The molecule has 0 spiro atoms. The zero-order valence-corrected chi connectivity index (χ0v) is 17.9. The van der Waals surface area contributed by atoms with Crippen molar-refractivity contribution in [2.24, 2.45) is 0 Å². The highest BCUT2D eigenvalue weighted by Crippen LogP contribution is 2.27. The van der Waals surface area contributed by atoms with Crippen LogP contribution < -0.4 is 10.6 Å². The van der Waals surface area contributed by atoms with Crippen LogP contribution in [0.3, 0.4) is 0 Å². The second-order valence-corrected chi connectivity index (χ2v) is 10.2. The van der Waals surface area contributed by atoms with Crippen LogP contribution in [-0.4, -0.2) is 49.8 Å². The van der Waals surface area contributed by atoms with E-state index in [9.17, 15) is 13.2 Å². The van der Waals surface area contributed by atoms with Gasteiger partial charge < -0.3 is 10.6 Å². The van der Waals surface area contributed by atoms with Gasteiger partial charge in [0.05, 0.1) is 4.90 Å². The standard InChI is InChI=1S/C20H29N3O3S.ClH/c1-14-5-8-18(27(25,26)23-9-3-2-4-10-23)13-19(14)20(24)22-17-11-15-6-7-16(12-17)21-15;/h5,8,13,15-17,21H,2-4,6-7,9-12H2,1H3,(H,22,24);1H. The monoisotopic (exact) mass is 427 g/mol. The first kappa shape index (κ1) is 21.6. The Bertz CT molecular complexity index is 812. The van der Waals surface area contributed by atoms with E-state index in [0.29, 0.717) is 30.7 Å². The van der Waals surface area contributed by atoms with E-state index in [-0.39, 0.29) is 29.3 Å². The SMILES string of the molecule is Cc1ccc(S(=O)(=O)N2CCCCC2)cc1C(=O)NC1CC2CCC(C1)N2.Cl. The number of nitrogens with one attached hydrogen (secondary N) is 2. The van der Waals surface area contributed by atoms with Gasteiger partial charge in [-0.05, 0) is 63.1 Å². The lowest BCUT2D eigenvalue weighted by molar-refractivity contribution is 0.0923. The number of halogens is 1. The fourth-order valence-electron chi connectivity index (χ4n) is 4.70. The van der Waals surface area contributed by atoms with Gasteiger partial charge in [-0.1, -0.05) is 12.5 Å². The second-order valence-electron chi connectivity index (χ2n) is 8.22. The third-order valence-electron chi connectivity index (χ3n) is 6.21. The Morgan fingerprint density at radius 3 is 2.39 bits per heavy atom. The minimum absolute atomic E-state index is 0. The minimum atomic E-state index is -3.53. The molecule has 3 heterocycles. The Balaban J connectivity index is 0.00000225. The summed E-state index contributed by atoms with van der Waals surface area (Å²) in [6.07, 6.45) is 7.14. The number of rotatable bonds is 4. The zero-order chi connectivity index (χ0) is 19.0. The molecule has 0 aliphatic carbocycles. The predicted octanol–water partition coefficient (Wildman–Crippen LogP) is 2.60. The van der Waals surface area contributed by atoms with Crippen molar-refractivity contribution in [1.82, 2.24) is 14.9 Å². The van der Waals surface area contributed by atoms with Crippen molar-refractivity contribution >= 4 is 28.3 Å². The Labute approximate surface area is 173 Å². The van der Waals surface area contributed by atoms with Gasteiger partial charge in [0.25, 0.3) is 5.91 Å². The highest BCUT2D eigenvalue weighted by atomic mass is 35.5. The molecule has 8 heteroatoms. The fourth-order valence-corrected chi connectivity index (χ4v) is 6.24. The van der Waals surface area contributed by atoms with E-state index in [2.05, 4.69) is 10.6 Å². The van der Waals surface area contributed by atoms with Crippen LogP contribution in [0, 0.1) is 6.92 Å². The molecular formula is C20H30ClN3O3S. The van der Waals surface area contributed by atoms with Gasteiger partial charge in [-0.2, -0.15) is 4.31 Å². The number of hydrogen-bond acceptors (Lipinski definition) is 4. The molecule has 0 saturated carbocycles. The Morgan fingerprint density at radius 1 is 1.11 bits per heavy atom. The Hall–Kier alpha value is -1.15. The molecule has 0 radical (unpaired) electrons. The molecule has 156 valence electrons. The van der Waals surface area contributed by atoms with Crippen molar-refractivity contribution in [3.8, 4) is 0 Å². The molecule has 3 fully saturated rings. The smallest absolute Gasteiger partial charge is 0.251 e. The number of fused-ring (bicyclic) bond motifs is 2. The molecule has 2 N–H and O–H groups in total. The van der Waals surface area contributed by atoms with Crippen LogP contribution in [0.5, 0.6) is 0 Å². The molecule has 3 aliphatic heterocycles. The van der Waals surface area contributed by atoms with Crippen molar-refractivity contribution < 1.29 is 13.2 Å². The van der Waals surface area contributed by atoms with Crippen LogP contribution >= 0.6 is 12.4 Å². The van der Waals surface area contributed by atoms with Crippen LogP contribution in [0.1, 0.15) is 60.9 Å². The van der Waals surface area contributed by atoms with E-state index >= 15 is 0 Å². The molecular weight excluding hydrogens is 398 g/mol. The van der Waals surface area contributed by atoms with Gasteiger partial charge in [0.15, 0.2) is 0 Å². The average molecular weight is 428 g/mol. The summed E-state index contributed by atoms with van der Waals surface area (Å²) in [5.74, 6) is -0.158. The van der Waals surface area contributed by atoms with Gasteiger partial charge in [0.2, 0.25) is 10.0 Å². The van der Waals surface area contributed by atoms with E-state index in [4.69, 9.17) is 0 Å². The summed E-state index contributed by atoms with van der Waals surface area (Å²) >= 11 is 0. The highest BCUT2D eigenvalue weighted by Gasteiger charge is 2.34. The lowest BCUT2D eigenvalue weighted by atomic mass is 9.99. The zero-order valence-electron chi connectivity index (χ0n) is 16.3. The van der Waals surface area contributed by atoms with Crippen molar-refractivity contribution in [3.05, 3.63) is 29.3 Å². The van der Waals surface area contributed by atoms with E-state index in [1.54, 1.807) is 22.5 Å². The number of benzene rings is 1. The first-order valence-corrected chi connectivity index (χ1v) is 11.6. The summed E-state index contributed by atoms with van der Waals surface area (Å²) in [6, 6.07) is 6.10. The van der Waals surface area contributed by atoms with Gasteiger partial charge in [-0.15, -0.1) is 12.4 Å². The van der Waals surface area contributed by atoms with Gasteiger partial charge in [0.1, 0.15) is 0 Å². The van der Waals surface area contributed by atoms with Crippen LogP contribution in [0.4, 0.5) is 0 Å². The van der Waals surface area contributed by atoms with Gasteiger partial charge in [0, 0.05) is 36.8 Å². The van der Waals surface area contributed by atoms with Crippen molar-refractivity contribution in [1.29, 1.82) is 0 Å². The normalized spacial score (nSPS) is 27.8. The van der Waals surface area contributed by atoms with E-state index in [0.717, 1.165) is 37.7 Å². The van der Waals surface area contributed by atoms with Gasteiger partial charge in [-0.25, -0.2) is 8.42 Å². The maximum atomic E-state index is 12.9. The van der Waals surface area contributed by atoms with E-state index in [1.807, 2.05) is 6.92 Å².